The van der Waals surface area contributed by atoms with Crippen LogP contribution in [-0.2, 0) is 25.7 Å². The Bertz CT molecular complexity index is 3990. The second kappa shape index (κ2) is 40.7. The number of rotatable bonds is 38. The zero-order valence-corrected chi connectivity index (χ0v) is 62.1. The summed E-state index contributed by atoms with van der Waals surface area (Å²) in [6.45, 7) is -0.512. The maximum Gasteiger partial charge on any atom is 0.343 e. The first kappa shape index (κ1) is 83.6. The van der Waals surface area contributed by atoms with Crippen molar-refractivity contribution in [3.05, 3.63) is 166 Å². The predicted molar refractivity (Wildman–Crippen MR) is 392 cm³/mol. The molecule has 0 radical (unpaired) electrons. The van der Waals surface area contributed by atoms with Gasteiger partial charge in [0.2, 0.25) is 23.0 Å². The Kier molecular flexibility index (Phi) is 31.5. The minimum absolute atomic E-state index is 0.0531. The number of methoxy groups -OCH3 is 12. The van der Waals surface area contributed by atoms with Crippen LogP contribution in [0.5, 0.6) is 115 Å². The molecule has 8 rings (SSSR count). The average Bonchev–Trinajstić information content (AvgIpc) is 0.821. The molecule has 0 saturated carbocycles. The van der Waals surface area contributed by atoms with Crippen molar-refractivity contribution in [2.24, 2.45) is 23.7 Å². The van der Waals surface area contributed by atoms with Crippen molar-refractivity contribution in [1.82, 2.24) is 0 Å². The first-order valence-electron chi connectivity index (χ1n) is 33.9. The summed E-state index contributed by atoms with van der Waals surface area (Å²) in [4.78, 5) is 52.1. The summed E-state index contributed by atoms with van der Waals surface area (Å²) >= 11 is 0. The van der Waals surface area contributed by atoms with Gasteiger partial charge in [0.15, 0.2) is 92.0 Å². The Hall–Kier alpha value is -11.7. The third-order valence-corrected chi connectivity index (χ3v) is 17.8. The number of benzene rings is 8. The standard InChI is InChI=1S/2C40H46O14/c2*1-47-33-18-26(19-34(48-2)37(33)51-5)39(45)53-31-11-9-23(16-29(31)43)14-25(8-7-13-41)28(22-42)15-24-10-12-32(30(44)17-24)54-40(46)27-20-35(49-3)38(52-6)36(21-27)50-4/h2*9-12,16-21,25,28,41-44H,7-8,13-15,22H2,1-6H3/t2*25-,28+/m10/s1. The fraction of sp³-hybridized carbons (Fsp3) is 0.350. The first-order chi connectivity index (χ1) is 52.1. The van der Waals surface area contributed by atoms with Gasteiger partial charge in [-0.05, 0) is 194 Å². The van der Waals surface area contributed by atoms with Gasteiger partial charge in [0, 0.05) is 26.4 Å². The van der Waals surface area contributed by atoms with Crippen LogP contribution in [0.2, 0.25) is 0 Å². The molecule has 580 valence electrons. The molecule has 8 aromatic carbocycles. The predicted octanol–water partition coefficient (Wildman–Crippen LogP) is 10.7. The van der Waals surface area contributed by atoms with E-state index in [-0.39, 0.29) is 164 Å². The number of phenols is 4. The maximum atomic E-state index is 13.0. The molecule has 0 aromatic heterocycles. The number of ether oxygens (including phenoxy) is 16. The van der Waals surface area contributed by atoms with E-state index in [4.69, 9.17) is 75.8 Å². The molecule has 0 spiro atoms. The van der Waals surface area contributed by atoms with E-state index in [0.29, 0.717) is 96.6 Å². The summed E-state index contributed by atoms with van der Waals surface area (Å²) in [7, 11) is 17.2. The van der Waals surface area contributed by atoms with Gasteiger partial charge in [0.25, 0.3) is 0 Å². The molecule has 8 aromatic rings. The Morgan fingerprint density at radius 2 is 0.463 bits per heavy atom. The lowest BCUT2D eigenvalue weighted by Gasteiger charge is -2.26. The maximum absolute atomic E-state index is 13.0. The van der Waals surface area contributed by atoms with Gasteiger partial charge in [-0.2, -0.15) is 0 Å². The Balaban J connectivity index is 0.000000301. The molecule has 0 aliphatic heterocycles. The smallest absolute Gasteiger partial charge is 0.343 e. The van der Waals surface area contributed by atoms with Crippen LogP contribution in [0.3, 0.4) is 0 Å². The van der Waals surface area contributed by atoms with Crippen molar-refractivity contribution < 1.29 is 136 Å². The van der Waals surface area contributed by atoms with Crippen LogP contribution < -0.4 is 75.8 Å². The van der Waals surface area contributed by atoms with E-state index in [0.717, 1.165) is 0 Å². The number of hydrogen-bond acceptors (Lipinski definition) is 28. The largest absolute Gasteiger partial charge is 0.504 e. The van der Waals surface area contributed by atoms with Crippen molar-refractivity contribution in [1.29, 1.82) is 0 Å². The highest BCUT2D eigenvalue weighted by atomic mass is 16.6. The van der Waals surface area contributed by atoms with Gasteiger partial charge in [-0.1, -0.05) is 24.3 Å². The van der Waals surface area contributed by atoms with Crippen molar-refractivity contribution in [2.45, 2.75) is 51.4 Å². The number of aliphatic hydroxyl groups excluding tert-OH is 4. The lowest BCUT2D eigenvalue weighted by atomic mass is 9.80. The van der Waals surface area contributed by atoms with E-state index in [9.17, 15) is 60.0 Å². The molecule has 8 N–H and O–H groups in total. The third kappa shape index (κ3) is 21.3. The molecule has 0 bridgehead atoms. The highest BCUT2D eigenvalue weighted by molar-refractivity contribution is 5.95. The van der Waals surface area contributed by atoms with Crippen LogP contribution in [0, 0.1) is 23.7 Å². The van der Waals surface area contributed by atoms with E-state index in [1.165, 1.54) is 182 Å². The summed E-state index contributed by atoms with van der Waals surface area (Å²) < 4.78 is 85.6. The van der Waals surface area contributed by atoms with Crippen molar-refractivity contribution in [3.63, 3.8) is 0 Å². The minimum Gasteiger partial charge on any atom is -0.504 e. The Labute approximate surface area is 624 Å². The van der Waals surface area contributed by atoms with Crippen LogP contribution >= 0.6 is 0 Å². The van der Waals surface area contributed by atoms with Gasteiger partial charge in [0.05, 0.1) is 108 Å². The normalized spacial score (nSPS) is 11.9. The van der Waals surface area contributed by atoms with Crippen LogP contribution in [0.4, 0.5) is 0 Å². The summed E-state index contributed by atoms with van der Waals surface area (Å²) in [6, 6.07) is 30.1. The second-order valence-corrected chi connectivity index (χ2v) is 24.4. The van der Waals surface area contributed by atoms with Crippen molar-refractivity contribution >= 4 is 23.9 Å². The van der Waals surface area contributed by atoms with Crippen LogP contribution in [0.15, 0.2) is 121 Å². The van der Waals surface area contributed by atoms with E-state index in [1.54, 1.807) is 24.3 Å². The molecule has 28 heteroatoms. The van der Waals surface area contributed by atoms with E-state index >= 15 is 0 Å². The minimum atomic E-state index is -0.764. The van der Waals surface area contributed by atoms with Gasteiger partial charge in [-0.3, -0.25) is 0 Å². The van der Waals surface area contributed by atoms with Crippen LogP contribution in [0.25, 0.3) is 0 Å². The lowest BCUT2D eigenvalue weighted by Crippen LogP contribution is -2.23. The number of aliphatic hydroxyl groups is 4. The van der Waals surface area contributed by atoms with Gasteiger partial charge in [-0.25, -0.2) is 19.2 Å². The number of carbonyl (C=O) groups is 4. The Morgan fingerprint density at radius 1 is 0.269 bits per heavy atom. The highest BCUT2D eigenvalue weighted by Gasteiger charge is 2.29. The Morgan fingerprint density at radius 3 is 0.620 bits per heavy atom. The molecule has 0 aliphatic carbocycles. The zero-order valence-electron chi connectivity index (χ0n) is 62.1. The molecular formula is C80H92O28. The third-order valence-electron chi connectivity index (χ3n) is 17.8. The molecule has 0 aliphatic rings. The molecule has 0 fully saturated rings. The zero-order chi connectivity index (χ0) is 78.7. The fourth-order valence-electron chi connectivity index (χ4n) is 12.2. The summed E-state index contributed by atoms with van der Waals surface area (Å²) in [5, 5.41) is 83.5. The molecule has 0 amide bonds. The summed E-state index contributed by atoms with van der Waals surface area (Å²) in [6.07, 6.45) is 3.56. The van der Waals surface area contributed by atoms with Crippen molar-refractivity contribution in [3.8, 4) is 115 Å². The number of phenolic OH excluding ortho intramolecular Hbond substituents is 4. The van der Waals surface area contributed by atoms with Crippen molar-refractivity contribution in [2.75, 3.05) is 112 Å². The molecule has 0 unspecified atom stereocenters. The van der Waals surface area contributed by atoms with Gasteiger partial charge < -0.3 is 117 Å². The summed E-state index contributed by atoms with van der Waals surface area (Å²) in [5.74, 6) is -2.04. The molecule has 0 saturated heterocycles. The quantitative estimate of drug-likeness (QED) is 0.0132. The summed E-state index contributed by atoms with van der Waals surface area (Å²) in [5.41, 5.74) is 3.19. The van der Waals surface area contributed by atoms with Gasteiger partial charge in [0.1, 0.15) is 0 Å². The fourth-order valence-corrected chi connectivity index (χ4v) is 12.2. The monoisotopic (exact) mass is 1500 g/mol. The highest BCUT2D eigenvalue weighted by Crippen LogP contribution is 2.44. The topological polar surface area (TPSA) is 378 Å². The molecule has 108 heavy (non-hydrogen) atoms. The van der Waals surface area contributed by atoms with Gasteiger partial charge >= 0.3 is 23.9 Å². The second-order valence-electron chi connectivity index (χ2n) is 24.4. The SMILES string of the molecule is COc1cc(C(=O)Oc2ccc(C[C@@H](CO)[C@H](CCCO)Cc3ccc(OC(=O)c4cc(OC)c(OC)c(OC)c4)c(O)c3)cc2O)cc(OC)c1OC.COc1cc(C(=O)Oc2ccc(C[C@H](CO)[C@@H](CCCO)Cc3ccc(OC(=O)c4cc(OC)c(OC)c(OC)c4)c(O)c3)cc2O)cc(OC)c1OC. The molecule has 4 atom stereocenters. The molecule has 28 nitrogen and oxygen atoms in total. The first-order valence-corrected chi connectivity index (χ1v) is 33.9. The number of aromatic hydroxyl groups is 4. The number of esters is 4. The lowest BCUT2D eigenvalue weighted by molar-refractivity contribution is 0.0719. The van der Waals surface area contributed by atoms with Crippen LogP contribution in [0.1, 0.15) is 89.4 Å². The average molecular weight is 1500 g/mol. The van der Waals surface area contributed by atoms with E-state index < -0.39 is 23.9 Å². The van der Waals surface area contributed by atoms with E-state index in [1.807, 2.05) is 0 Å². The molecular weight excluding hydrogens is 1410 g/mol. The van der Waals surface area contributed by atoms with Crippen LogP contribution in [-0.4, -0.2) is 176 Å². The number of hydrogen-bond donors (Lipinski definition) is 8. The van der Waals surface area contributed by atoms with Gasteiger partial charge in [-0.15, -0.1) is 0 Å². The molecule has 0 heterocycles. The number of carbonyl (C=O) groups excluding carboxylic acids is 4. The van der Waals surface area contributed by atoms with E-state index in [2.05, 4.69) is 0 Å².